The molecule has 9 heteroatoms. The van der Waals surface area contributed by atoms with Crippen LogP contribution in [0.2, 0.25) is 0 Å². The van der Waals surface area contributed by atoms with Crippen molar-refractivity contribution in [3.8, 4) is 0 Å². The van der Waals surface area contributed by atoms with Gasteiger partial charge in [-0.1, -0.05) is 19.1 Å². The summed E-state index contributed by atoms with van der Waals surface area (Å²) in [6.07, 6.45) is 3.04. The maximum atomic E-state index is 11.8. The number of nitrogens with one attached hydrogen (secondary N) is 2. The van der Waals surface area contributed by atoms with Gasteiger partial charge in [0.25, 0.3) is 0 Å². The molecule has 0 saturated carbocycles. The van der Waals surface area contributed by atoms with Gasteiger partial charge in [-0.05, 0) is 39.0 Å². The van der Waals surface area contributed by atoms with E-state index in [-0.39, 0.29) is 47.7 Å². The monoisotopic (exact) mass is 391 g/mol. The van der Waals surface area contributed by atoms with Crippen molar-refractivity contribution in [3.63, 3.8) is 0 Å². The number of aliphatic hydroxyl groups is 1. The third-order valence-corrected chi connectivity index (χ3v) is 4.54. The minimum Gasteiger partial charge on any atom is -0.444 e. The summed E-state index contributed by atoms with van der Waals surface area (Å²) in [5, 5.41) is 12.4. The average molecular weight is 391 g/mol. The summed E-state index contributed by atoms with van der Waals surface area (Å²) in [5.74, 6) is 0.748. The molecular weight excluding hydrogens is 363 g/mol. The molecule has 0 unspecified atom stereocenters. The van der Waals surface area contributed by atoms with Gasteiger partial charge in [0.2, 0.25) is 0 Å². The Hall–Kier alpha value is -0.670. The van der Waals surface area contributed by atoms with E-state index in [2.05, 4.69) is 27.1 Å². The van der Waals surface area contributed by atoms with E-state index in [0.29, 0.717) is 16.9 Å². The van der Waals surface area contributed by atoms with Crippen LogP contribution in [0, 0.1) is 10.1 Å². The first-order valence-electron chi connectivity index (χ1n) is 8.53. The molecule has 26 heavy (non-hydrogen) atoms. The van der Waals surface area contributed by atoms with Crippen LogP contribution in [0.4, 0.5) is 10.6 Å². The maximum absolute atomic E-state index is 11.8. The van der Waals surface area contributed by atoms with Crippen LogP contribution in [0.3, 0.4) is 0 Å². The fourth-order valence-corrected chi connectivity index (χ4v) is 3.03. The molecule has 1 aromatic rings. The van der Waals surface area contributed by atoms with E-state index in [0.717, 1.165) is 31.7 Å². The van der Waals surface area contributed by atoms with E-state index in [4.69, 9.17) is 17.0 Å². The zero-order valence-electron chi connectivity index (χ0n) is 16.4. The van der Waals surface area contributed by atoms with Crippen molar-refractivity contribution in [1.82, 2.24) is 15.3 Å². The van der Waals surface area contributed by atoms with Crippen LogP contribution in [0.5, 0.6) is 0 Å². The molecule has 1 saturated heterocycles. The molecule has 1 radical (unpaired) electrons. The molecule has 1 fully saturated rings. The van der Waals surface area contributed by atoms with Crippen molar-refractivity contribution in [3.05, 3.63) is 16.5 Å². The van der Waals surface area contributed by atoms with Crippen LogP contribution in [-0.2, 0) is 11.3 Å². The average Bonchev–Trinajstić information content (AvgIpc) is 2.52. The number of alkyl carbamates (subject to hydrolysis) is 1. The van der Waals surface area contributed by atoms with E-state index >= 15 is 0 Å². The van der Waals surface area contributed by atoms with Gasteiger partial charge in [-0.3, -0.25) is 0 Å². The van der Waals surface area contributed by atoms with Crippen LogP contribution in [0.25, 0.3) is 0 Å². The van der Waals surface area contributed by atoms with Crippen molar-refractivity contribution < 1.29 is 14.6 Å². The number of hydrogen-bond donors (Lipinski definition) is 3. The smallest absolute Gasteiger partial charge is 0.407 e. The Morgan fingerprint density at radius 1 is 1.46 bits per heavy atom. The molecule has 141 valence electrons. The Morgan fingerprint density at radius 2 is 2.08 bits per heavy atom. The van der Waals surface area contributed by atoms with E-state index in [1.54, 1.807) is 6.20 Å². The third-order valence-electron chi connectivity index (χ3n) is 4.33. The summed E-state index contributed by atoms with van der Waals surface area (Å²) in [6, 6.07) is 0. The number of H-pyrrole nitrogens is 1. The van der Waals surface area contributed by atoms with Crippen molar-refractivity contribution in [2.45, 2.75) is 52.7 Å². The van der Waals surface area contributed by atoms with Crippen molar-refractivity contribution in [2.75, 3.05) is 24.5 Å². The van der Waals surface area contributed by atoms with E-state index < -0.39 is 5.60 Å². The molecular formula is C17H28N4NaO3S. The zero-order chi connectivity index (χ0) is 18.7. The molecule has 2 heterocycles. The number of aliphatic hydroxyl groups excluding tert-OH is 1. The normalized spacial score (nSPS) is 16.6. The zero-order valence-corrected chi connectivity index (χ0v) is 19.2. The van der Waals surface area contributed by atoms with Crippen LogP contribution >= 0.6 is 12.2 Å². The van der Waals surface area contributed by atoms with E-state index in [9.17, 15) is 9.90 Å². The minimum absolute atomic E-state index is 0. The van der Waals surface area contributed by atoms with Crippen LogP contribution < -0.4 is 10.2 Å². The Bertz CT molecular complexity index is 667. The summed E-state index contributed by atoms with van der Waals surface area (Å²) in [4.78, 5) is 21.4. The predicted molar refractivity (Wildman–Crippen MR) is 105 cm³/mol. The fourth-order valence-electron chi connectivity index (χ4n) is 2.85. The summed E-state index contributed by atoms with van der Waals surface area (Å²) in [6.45, 7) is 9.78. The van der Waals surface area contributed by atoms with Gasteiger partial charge < -0.3 is 25.0 Å². The standard InChI is InChI=1S/C17H28N4O3S.Na/c1-16(2,3)24-15(23)19-11-17(4)5-7-21(8-6-17)14-12(10-22)20-13(25)9-18-14;/h9,22H,5-8,10-11H2,1-4H3,(H,19,23)(H,20,25);. The number of carbonyl (C=O) groups is 1. The molecule has 1 amide bonds. The first kappa shape index (κ1) is 23.4. The number of aromatic nitrogens is 2. The van der Waals surface area contributed by atoms with Gasteiger partial charge in [-0.15, -0.1) is 0 Å². The number of rotatable bonds is 4. The van der Waals surface area contributed by atoms with Crippen LogP contribution in [-0.4, -0.2) is 76.0 Å². The molecule has 0 atom stereocenters. The number of nitrogens with zero attached hydrogens (tertiary/aromatic N) is 2. The number of anilines is 1. The van der Waals surface area contributed by atoms with Gasteiger partial charge >= 0.3 is 6.09 Å². The molecule has 0 aromatic carbocycles. The Balaban J connectivity index is 0.00000338. The predicted octanol–water partition coefficient (Wildman–Crippen LogP) is 2.38. The second-order valence-corrected chi connectivity index (χ2v) is 8.30. The van der Waals surface area contributed by atoms with Crippen molar-refractivity contribution in [2.24, 2.45) is 5.41 Å². The van der Waals surface area contributed by atoms with E-state index in [1.807, 2.05) is 20.8 Å². The second kappa shape index (κ2) is 9.50. The number of aromatic amines is 1. The Labute approximate surface area is 182 Å². The number of ether oxygens (including phenoxy) is 1. The number of amides is 1. The molecule has 0 bridgehead atoms. The van der Waals surface area contributed by atoms with Gasteiger partial charge in [-0.25, -0.2) is 9.78 Å². The minimum atomic E-state index is -0.492. The molecule has 3 N–H and O–H groups in total. The van der Waals surface area contributed by atoms with Gasteiger partial charge in [0.15, 0.2) is 5.82 Å². The molecule has 2 rings (SSSR count). The number of hydrogen-bond acceptors (Lipinski definition) is 6. The first-order valence-corrected chi connectivity index (χ1v) is 8.94. The largest absolute Gasteiger partial charge is 0.444 e. The second-order valence-electron chi connectivity index (χ2n) is 7.86. The quantitative estimate of drug-likeness (QED) is 0.539. The summed E-state index contributed by atoms with van der Waals surface area (Å²) in [5.41, 5.74) is 0.158. The van der Waals surface area contributed by atoms with Gasteiger partial charge in [-0.2, -0.15) is 0 Å². The summed E-state index contributed by atoms with van der Waals surface area (Å²) >= 11 is 5.06. The van der Waals surface area contributed by atoms with Gasteiger partial charge in [0.1, 0.15) is 10.2 Å². The number of carbonyl (C=O) groups excluding carboxylic acids is 1. The third kappa shape index (κ3) is 6.81. The van der Waals surface area contributed by atoms with Crippen LogP contribution in [0.15, 0.2) is 6.20 Å². The van der Waals surface area contributed by atoms with Gasteiger partial charge in [0, 0.05) is 49.2 Å². The summed E-state index contributed by atoms with van der Waals surface area (Å²) in [7, 11) is 0. The molecule has 1 aromatic heterocycles. The molecule has 0 spiro atoms. The number of piperidine rings is 1. The fraction of sp³-hybridized carbons (Fsp3) is 0.706. The van der Waals surface area contributed by atoms with Crippen LogP contribution in [0.1, 0.15) is 46.2 Å². The van der Waals surface area contributed by atoms with Crippen molar-refractivity contribution in [1.29, 1.82) is 0 Å². The molecule has 1 aliphatic rings. The SMILES string of the molecule is CC1(CNC(=O)OC(C)(C)C)CCN(c2ncc(=S)[nH]c2CO)CC1.[Na]. The Morgan fingerprint density at radius 3 is 2.62 bits per heavy atom. The molecule has 7 nitrogen and oxygen atoms in total. The topological polar surface area (TPSA) is 90.5 Å². The summed E-state index contributed by atoms with van der Waals surface area (Å²) < 4.78 is 5.80. The first-order chi connectivity index (χ1) is 11.6. The molecule has 0 aliphatic carbocycles. The maximum Gasteiger partial charge on any atom is 0.407 e. The Kier molecular flexibility index (Phi) is 8.54. The van der Waals surface area contributed by atoms with E-state index in [1.165, 1.54) is 0 Å². The van der Waals surface area contributed by atoms with Gasteiger partial charge in [0.05, 0.1) is 18.5 Å². The van der Waals surface area contributed by atoms with Crippen molar-refractivity contribution >= 4 is 53.7 Å². The molecule has 1 aliphatic heterocycles.